The molecule has 3 rings (SSSR count). The third-order valence-electron chi connectivity index (χ3n) is 5.04. The zero-order valence-corrected chi connectivity index (χ0v) is 16.0. The second-order valence-corrected chi connectivity index (χ2v) is 6.84. The lowest BCUT2D eigenvalue weighted by atomic mass is 10.1. The second kappa shape index (κ2) is 8.71. The summed E-state index contributed by atoms with van der Waals surface area (Å²) in [5.74, 6) is 1.03. The smallest absolute Gasteiger partial charge is 0.253 e. The molecular weight excluding hydrogens is 340 g/mol. The highest BCUT2D eigenvalue weighted by Gasteiger charge is 2.24. The quantitative estimate of drug-likeness (QED) is 0.818. The summed E-state index contributed by atoms with van der Waals surface area (Å²) in [6, 6.07) is 15.4. The van der Waals surface area contributed by atoms with Crippen LogP contribution in [-0.2, 0) is 11.2 Å². The van der Waals surface area contributed by atoms with Gasteiger partial charge in [-0.15, -0.1) is 0 Å². The zero-order valence-electron chi connectivity index (χ0n) is 16.0. The average molecular weight is 366 g/mol. The maximum absolute atomic E-state index is 12.5. The topological polar surface area (TPSA) is 49.9 Å². The Labute approximate surface area is 160 Å². The van der Waals surface area contributed by atoms with Crippen LogP contribution in [-0.4, -0.2) is 54.9 Å². The summed E-state index contributed by atoms with van der Waals surface area (Å²) in [6.07, 6.45) is 1.16. The maximum Gasteiger partial charge on any atom is 0.253 e. The van der Waals surface area contributed by atoms with Crippen molar-refractivity contribution >= 4 is 11.8 Å². The molecule has 0 saturated carbocycles. The molecule has 0 aliphatic carbocycles. The number of rotatable bonds is 5. The standard InChI is InChI=1S/C22H26N2O3/c1-17-8-9-18(16-20(17)27-2)10-11-21(25)23-12-14-24(15-13-23)22(26)19-6-4-3-5-7-19/h3-9,16H,10-15H2,1-2H3. The van der Waals surface area contributed by atoms with Crippen molar-refractivity contribution in [1.82, 2.24) is 9.80 Å². The van der Waals surface area contributed by atoms with E-state index in [1.54, 1.807) is 7.11 Å². The molecule has 0 spiro atoms. The molecule has 0 N–H and O–H groups in total. The summed E-state index contributed by atoms with van der Waals surface area (Å²) in [5, 5.41) is 0. The molecule has 2 aromatic rings. The summed E-state index contributed by atoms with van der Waals surface area (Å²) in [6.45, 7) is 4.35. The summed E-state index contributed by atoms with van der Waals surface area (Å²) >= 11 is 0. The van der Waals surface area contributed by atoms with E-state index >= 15 is 0 Å². The number of methoxy groups -OCH3 is 1. The van der Waals surface area contributed by atoms with Gasteiger partial charge in [-0.25, -0.2) is 0 Å². The number of aryl methyl sites for hydroxylation is 2. The molecule has 142 valence electrons. The van der Waals surface area contributed by atoms with Crippen LogP contribution in [0, 0.1) is 6.92 Å². The van der Waals surface area contributed by atoms with E-state index in [4.69, 9.17) is 4.74 Å². The summed E-state index contributed by atoms with van der Waals surface area (Å²) in [5.41, 5.74) is 2.89. The van der Waals surface area contributed by atoms with Gasteiger partial charge in [-0.2, -0.15) is 0 Å². The molecule has 1 saturated heterocycles. The van der Waals surface area contributed by atoms with Crippen LogP contribution in [0.3, 0.4) is 0 Å². The molecule has 1 aliphatic rings. The van der Waals surface area contributed by atoms with Crippen molar-refractivity contribution in [3.63, 3.8) is 0 Å². The van der Waals surface area contributed by atoms with E-state index in [2.05, 4.69) is 0 Å². The van der Waals surface area contributed by atoms with Crippen LogP contribution >= 0.6 is 0 Å². The first-order valence-corrected chi connectivity index (χ1v) is 9.34. The van der Waals surface area contributed by atoms with Crippen molar-refractivity contribution in [1.29, 1.82) is 0 Å². The minimum atomic E-state index is 0.0365. The van der Waals surface area contributed by atoms with Gasteiger partial charge in [0.25, 0.3) is 5.91 Å². The molecule has 0 unspecified atom stereocenters. The van der Waals surface area contributed by atoms with E-state index in [0.717, 1.165) is 16.9 Å². The fraction of sp³-hybridized carbons (Fsp3) is 0.364. The Morgan fingerprint density at radius 1 is 0.963 bits per heavy atom. The van der Waals surface area contributed by atoms with Crippen LogP contribution < -0.4 is 4.74 Å². The number of amides is 2. The molecule has 2 amide bonds. The maximum atomic E-state index is 12.5. The van der Waals surface area contributed by atoms with Gasteiger partial charge in [0, 0.05) is 38.2 Å². The van der Waals surface area contributed by atoms with Crippen molar-refractivity contribution in [3.8, 4) is 5.75 Å². The minimum Gasteiger partial charge on any atom is -0.496 e. The first-order valence-electron chi connectivity index (χ1n) is 9.34. The van der Waals surface area contributed by atoms with E-state index in [-0.39, 0.29) is 11.8 Å². The molecular formula is C22H26N2O3. The molecule has 0 bridgehead atoms. The first kappa shape index (κ1) is 19.0. The van der Waals surface area contributed by atoms with E-state index in [0.29, 0.717) is 44.6 Å². The Morgan fingerprint density at radius 2 is 1.63 bits per heavy atom. The van der Waals surface area contributed by atoms with Crippen molar-refractivity contribution in [3.05, 3.63) is 65.2 Å². The number of hydrogen-bond acceptors (Lipinski definition) is 3. The highest BCUT2D eigenvalue weighted by molar-refractivity contribution is 5.94. The summed E-state index contributed by atoms with van der Waals surface area (Å²) in [7, 11) is 1.66. The van der Waals surface area contributed by atoms with Gasteiger partial charge in [0.15, 0.2) is 0 Å². The third kappa shape index (κ3) is 4.67. The number of nitrogens with zero attached hydrogens (tertiary/aromatic N) is 2. The van der Waals surface area contributed by atoms with Gasteiger partial charge in [-0.1, -0.05) is 30.3 Å². The molecule has 0 atom stereocenters. The number of ether oxygens (including phenoxy) is 1. The predicted molar refractivity (Wildman–Crippen MR) is 105 cm³/mol. The van der Waals surface area contributed by atoms with Crippen LogP contribution in [0.15, 0.2) is 48.5 Å². The van der Waals surface area contributed by atoms with E-state index in [1.165, 1.54) is 0 Å². The van der Waals surface area contributed by atoms with Crippen molar-refractivity contribution in [2.24, 2.45) is 0 Å². The van der Waals surface area contributed by atoms with Crippen LogP contribution in [0.4, 0.5) is 0 Å². The van der Waals surface area contributed by atoms with Gasteiger partial charge >= 0.3 is 0 Å². The molecule has 5 heteroatoms. The Balaban J connectivity index is 1.49. The summed E-state index contributed by atoms with van der Waals surface area (Å²) in [4.78, 5) is 28.7. The van der Waals surface area contributed by atoms with Gasteiger partial charge < -0.3 is 14.5 Å². The SMILES string of the molecule is COc1cc(CCC(=O)N2CCN(C(=O)c3ccccc3)CC2)ccc1C. The lowest BCUT2D eigenvalue weighted by molar-refractivity contribution is -0.132. The molecule has 1 fully saturated rings. The Hall–Kier alpha value is -2.82. The van der Waals surface area contributed by atoms with Crippen molar-refractivity contribution in [2.45, 2.75) is 19.8 Å². The van der Waals surface area contributed by atoms with Gasteiger partial charge in [0.05, 0.1) is 7.11 Å². The number of carbonyl (C=O) groups excluding carboxylic acids is 2. The Bertz CT molecular complexity index is 796. The van der Waals surface area contributed by atoms with Crippen LogP contribution in [0.2, 0.25) is 0 Å². The number of hydrogen-bond donors (Lipinski definition) is 0. The minimum absolute atomic E-state index is 0.0365. The average Bonchev–Trinajstić information content (AvgIpc) is 2.73. The predicted octanol–water partition coefficient (Wildman–Crippen LogP) is 2.92. The molecule has 2 aromatic carbocycles. The van der Waals surface area contributed by atoms with Gasteiger partial charge in [0.2, 0.25) is 5.91 Å². The third-order valence-corrected chi connectivity index (χ3v) is 5.04. The van der Waals surface area contributed by atoms with Crippen molar-refractivity contribution < 1.29 is 14.3 Å². The highest BCUT2D eigenvalue weighted by Crippen LogP contribution is 2.20. The van der Waals surface area contributed by atoms with E-state index < -0.39 is 0 Å². The number of benzene rings is 2. The molecule has 5 nitrogen and oxygen atoms in total. The second-order valence-electron chi connectivity index (χ2n) is 6.84. The lowest BCUT2D eigenvalue weighted by Crippen LogP contribution is -2.50. The number of carbonyl (C=O) groups is 2. The Kier molecular flexibility index (Phi) is 6.12. The number of piperazine rings is 1. The normalized spacial score (nSPS) is 14.1. The van der Waals surface area contributed by atoms with Crippen LogP contribution in [0.25, 0.3) is 0 Å². The van der Waals surface area contributed by atoms with Gasteiger partial charge in [-0.3, -0.25) is 9.59 Å². The molecule has 1 heterocycles. The molecule has 0 radical (unpaired) electrons. The fourth-order valence-electron chi connectivity index (χ4n) is 3.35. The Morgan fingerprint density at radius 3 is 2.30 bits per heavy atom. The molecule has 1 aliphatic heterocycles. The molecule has 0 aromatic heterocycles. The van der Waals surface area contributed by atoms with E-state index in [9.17, 15) is 9.59 Å². The van der Waals surface area contributed by atoms with Gasteiger partial charge in [-0.05, 0) is 42.7 Å². The first-order chi connectivity index (χ1) is 13.1. The molecule has 27 heavy (non-hydrogen) atoms. The largest absolute Gasteiger partial charge is 0.496 e. The fourth-order valence-corrected chi connectivity index (χ4v) is 3.35. The lowest BCUT2D eigenvalue weighted by Gasteiger charge is -2.35. The van der Waals surface area contributed by atoms with Crippen LogP contribution in [0.5, 0.6) is 5.75 Å². The van der Waals surface area contributed by atoms with Gasteiger partial charge in [0.1, 0.15) is 5.75 Å². The monoisotopic (exact) mass is 366 g/mol. The highest BCUT2D eigenvalue weighted by atomic mass is 16.5. The van der Waals surface area contributed by atoms with Crippen molar-refractivity contribution in [2.75, 3.05) is 33.3 Å². The van der Waals surface area contributed by atoms with Crippen LogP contribution in [0.1, 0.15) is 27.9 Å². The zero-order chi connectivity index (χ0) is 19.2. The summed E-state index contributed by atoms with van der Waals surface area (Å²) < 4.78 is 5.35. The van der Waals surface area contributed by atoms with E-state index in [1.807, 2.05) is 65.3 Å².